The first-order valence-corrected chi connectivity index (χ1v) is 8.80. The maximum absolute atomic E-state index is 12.2. The van der Waals surface area contributed by atoms with Crippen LogP contribution < -0.4 is 10.2 Å². The Balaban J connectivity index is 1.81. The van der Waals surface area contributed by atoms with Gasteiger partial charge in [0.2, 0.25) is 0 Å². The minimum Gasteiger partial charge on any atom is -0.460 e. The molecule has 1 aromatic rings. The molecule has 1 N–H and O–H groups in total. The Labute approximate surface area is 140 Å². The summed E-state index contributed by atoms with van der Waals surface area (Å²) in [6.45, 7) is 2.58. The predicted octanol–water partition coefficient (Wildman–Crippen LogP) is 3.61. The molecule has 1 aliphatic carbocycles. The van der Waals surface area contributed by atoms with Crippen LogP contribution in [-0.4, -0.2) is 38.8 Å². The zero-order chi connectivity index (χ0) is 16.7. The molecule has 0 aliphatic heterocycles. The smallest absolute Gasteiger partial charge is 0.338 e. The Bertz CT molecular complexity index is 479. The van der Waals surface area contributed by atoms with Crippen LogP contribution in [0.3, 0.4) is 0 Å². The molecule has 2 rings (SSSR count). The lowest BCUT2D eigenvalue weighted by Crippen LogP contribution is -2.42. The second-order valence-corrected chi connectivity index (χ2v) is 6.65. The van der Waals surface area contributed by atoms with E-state index in [1.807, 2.05) is 43.3 Å². The van der Waals surface area contributed by atoms with E-state index in [0.29, 0.717) is 18.2 Å². The molecule has 1 aromatic carbocycles. The van der Waals surface area contributed by atoms with E-state index in [1.54, 1.807) is 0 Å². The van der Waals surface area contributed by atoms with Crippen molar-refractivity contribution in [2.75, 3.05) is 25.6 Å². The number of ether oxygens (including phenoxy) is 1. The fraction of sp³-hybridized carbons (Fsp3) is 0.632. The van der Waals surface area contributed by atoms with Crippen molar-refractivity contribution in [1.82, 2.24) is 5.32 Å². The Morgan fingerprint density at radius 1 is 1.22 bits per heavy atom. The molecular weight excluding hydrogens is 288 g/mol. The lowest BCUT2D eigenvalue weighted by Gasteiger charge is -2.27. The monoisotopic (exact) mass is 318 g/mol. The van der Waals surface area contributed by atoms with Crippen LogP contribution in [-0.2, 0) is 4.74 Å². The van der Waals surface area contributed by atoms with Crippen LogP contribution >= 0.6 is 0 Å². The summed E-state index contributed by atoms with van der Waals surface area (Å²) in [5, 5.41) is 3.65. The quantitative estimate of drug-likeness (QED) is 0.780. The number of carbonyl (C=O) groups excluding carboxylic acids is 1. The van der Waals surface area contributed by atoms with Gasteiger partial charge in [-0.3, -0.25) is 0 Å². The summed E-state index contributed by atoms with van der Waals surface area (Å²) in [6.07, 6.45) is 7.45. The molecule has 128 valence electrons. The molecule has 0 heterocycles. The van der Waals surface area contributed by atoms with Crippen LogP contribution in [0.1, 0.15) is 55.8 Å². The molecule has 0 spiro atoms. The summed E-state index contributed by atoms with van der Waals surface area (Å²) in [5.41, 5.74) is 1.69. The number of nitrogens with zero attached hydrogens (tertiary/aromatic N) is 1. The van der Waals surface area contributed by atoms with Crippen molar-refractivity contribution >= 4 is 11.7 Å². The minimum atomic E-state index is -0.237. The average Bonchev–Trinajstić information content (AvgIpc) is 2.59. The second kappa shape index (κ2) is 8.92. The van der Waals surface area contributed by atoms with E-state index in [9.17, 15) is 4.79 Å². The highest BCUT2D eigenvalue weighted by Gasteiger charge is 2.18. The first-order chi connectivity index (χ1) is 11.1. The number of rotatable bonds is 7. The van der Waals surface area contributed by atoms with Gasteiger partial charge in [0.15, 0.2) is 0 Å². The Hall–Kier alpha value is -1.55. The van der Waals surface area contributed by atoms with Crippen molar-refractivity contribution in [3.63, 3.8) is 0 Å². The largest absolute Gasteiger partial charge is 0.460 e. The predicted molar refractivity (Wildman–Crippen MR) is 95.1 cm³/mol. The number of hydrogen-bond donors (Lipinski definition) is 1. The lowest BCUT2D eigenvalue weighted by atomic mass is 9.95. The first-order valence-electron chi connectivity index (χ1n) is 8.80. The number of anilines is 1. The Morgan fingerprint density at radius 3 is 2.43 bits per heavy atom. The molecule has 1 atom stereocenters. The summed E-state index contributed by atoms with van der Waals surface area (Å²) in [7, 11) is 3.96. The molecule has 4 heteroatoms. The maximum Gasteiger partial charge on any atom is 0.338 e. The standard InChI is InChI=1S/C19H30N2O2/c1-4-16(20-17-8-6-5-7-9-17)14-23-19(22)15-10-12-18(13-11-15)21(2)3/h10-13,16-17,20H,4-9,14H2,1-3H3/t16-/m0/s1. The van der Waals surface area contributed by atoms with Crippen LogP contribution in [0, 0.1) is 0 Å². The van der Waals surface area contributed by atoms with Crippen LogP contribution in [0.25, 0.3) is 0 Å². The molecule has 1 fully saturated rings. The van der Waals surface area contributed by atoms with Gasteiger partial charge < -0.3 is 15.0 Å². The fourth-order valence-electron chi connectivity index (χ4n) is 3.04. The molecule has 1 saturated carbocycles. The minimum absolute atomic E-state index is 0.237. The van der Waals surface area contributed by atoms with Crippen molar-refractivity contribution in [2.45, 2.75) is 57.5 Å². The molecule has 23 heavy (non-hydrogen) atoms. The second-order valence-electron chi connectivity index (χ2n) is 6.65. The number of hydrogen-bond acceptors (Lipinski definition) is 4. The fourth-order valence-corrected chi connectivity index (χ4v) is 3.04. The van der Waals surface area contributed by atoms with E-state index in [1.165, 1.54) is 32.1 Å². The molecule has 1 aliphatic rings. The molecule has 4 nitrogen and oxygen atoms in total. The normalized spacial score (nSPS) is 16.8. The topological polar surface area (TPSA) is 41.6 Å². The Morgan fingerprint density at radius 2 is 1.87 bits per heavy atom. The van der Waals surface area contributed by atoms with Gasteiger partial charge >= 0.3 is 5.97 Å². The van der Waals surface area contributed by atoms with E-state index >= 15 is 0 Å². The highest BCUT2D eigenvalue weighted by atomic mass is 16.5. The van der Waals surface area contributed by atoms with Crippen molar-refractivity contribution in [1.29, 1.82) is 0 Å². The zero-order valence-electron chi connectivity index (χ0n) is 14.7. The zero-order valence-corrected chi connectivity index (χ0v) is 14.7. The summed E-state index contributed by atoms with van der Waals surface area (Å²) < 4.78 is 5.51. The summed E-state index contributed by atoms with van der Waals surface area (Å²) >= 11 is 0. The SMILES string of the molecule is CC[C@@H](COC(=O)c1ccc(N(C)C)cc1)NC1CCCCC1. The molecule has 0 saturated heterocycles. The lowest BCUT2D eigenvalue weighted by molar-refractivity contribution is 0.0453. The summed E-state index contributed by atoms with van der Waals surface area (Å²) in [5.74, 6) is -0.237. The highest BCUT2D eigenvalue weighted by molar-refractivity contribution is 5.89. The summed E-state index contributed by atoms with van der Waals surface area (Å²) in [4.78, 5) is 14.2. The van der Waals surface area contributed by atoms with Gasteiger partial charge in [0.05, 0.1) is 5.56 Å². The molecule has 0 amide bonds. The van der Waals surface area contributed by atoms with E-state index < -0.39 is 0 Å². The van der Waals surface area contributed by atoms with Crippen molar-refractivity contribution < 1.29 is 9.53 Å². The van der Waals surface area contributed by atoms with Gasteiger partial charge in [-0.25, -0.2) is 4.79 Å². The first kappa shape index (κ1) is 17.8. The average molecular weight is 318 g/mol. The molecule has 0 radical (unpaired) electrons. The van der Waals surface area contributed by atoms with E-state index in [2.05, 4.69) is 12.2 Å². The van der Waals surface area contributed by atoms with Crippen LogP contribution in [0.5, 0.6) is 0 Å². The molecule has 0 aromatic heterocycles. The van der Waals surface area contributed by atoms with Crippen molar-refractivity contribution in [2.24, 2.45) is 0 Å². The third-order valence-electron chi connectivity index (χ3n) is 4.60. The van der Waals surface area contributed by atoms with Gasteiger partial charge in [0.1, 0.15) is 6.61 Å². The van der Waals surface area contributed by atoms with Crippen LogP contribution in [0.2, 0.25) is 0 Å². The van der Waals surface area contributed by atoms with E-state index in [0.717, 1.165) is 12.1 Å². The van der Waals surface area contributed by atoms with Gasteiger partial charge in [-0.1, -0.05) is 26.2 Å². The van der Waals surface area contributed by atoms with Gasteiger partial charge in [-0.15, -0.1) is 0 Å². The van der Waals surface area contributed by atoms with E-state index in [-0.39, 0.29) is 12.0 Å². The number of nitrogens with one attached hydrogen (secondary N) is 1. The van der Waals surface area contributed by atoms with Gasteiger partial charge in [-0.05, 0) is 43.5 Å². The van der Waals surface area contributed by atoms with Gasteiger partial charge in [0, 0.05) is 31.9 Å². The van der Waals surface area contributed by atoms with Crippen LogP contribution in [0.4, 0.5) is 5.69 Å². The number of carbonyl (C=O) groups is 1. The van der Waals surface area contributed by atoms with Crippen molar-refractivity contribution in [3.8, 4) is 0 Å². The number of esters is 1. The third-order valence-corrected chi connectivity index (χ3v) is 4.60. The number of benzene rings is 1. The highest BCUT2D eigenvalue weighted by Crippen LogP contribution is 2.18. The molecular formula is C19H30N2O2. The molecule has 0 bridgehead atoms. The van der Waals surface area contributed by atoms with Crippen LogP contribution in [0.15, 0.2) is 24.3 Å². The maximum atomic E-state index is 12.2. The molecule has 0 unspecified atom stereocenters. The van der Waals surface area contributed by atoms with Crippen molar-refractivity contribution in [3.05, 3.63) is 29.8 Å². The van der Waals surface area contributed by atoms with E-state index in [4.69, 9.17) is 4.74 Å². The van der Waals surface area contributed by atoms with Gasteiger partial charge in [-0.2, -0.15) is 0 Å². The Kier molecular flexibility index (Phi) is 6.90. The van der Waals surface area contributed by atoms with Gasteiger partial charge in [0.25, 0.3) is 0 Å². The third kappa shape index (κ3) is 5.54. The summed E-state index contributed by atoms with van der Waals surface area (Å²) in [6, 6.07) is 8.37.